The lowest BCUT2D eigenvalue weighted by Crippen LogP contribution is -2.26. The highest BCUT2D eigenvalue weighted by Crippen LogP contribution is 2.28. The average Bonchev–Trinajstić information content (AvgIpc) is 2.95. The predicted molar refractivity (Wildman–Crippen MR) is 96.0 cm³/mol. The molecule has 1 aromatic heterocycles. The van der Waals surface area contributed by atoms with Crippen LogP contribution in [0.25, 0.3) is 0 Å². The normalized spacial score (nSPS) is 13.5. The van der Waals surface area contributed by atoms with E-state index in [-0.39, 0.29) is 5.91 Å². The van der Waals surface area contributed by atoms with Crippen LogP contribution in [0.4, 0.5) is 0 Å². The minimum absolute atomic E-state index is 0.111. The number of hydrogen-bond donors (Lipinski definition) is 1. The maximum absolute atomic E-state index is 12.7. The van der Waals surface area contributed by atoms with E-state index in [9.17, 15) is 4.79 Å². The first-order chi connectivity index (χ1) is 11.6. The molecule has 5 nitrogen and oxygen atoms in total. The minimum atomic E-state index is 0.111. The van der Waals surface area contributed by atoms with Gasteiger partial charge >= 0.3 is 0 Å². The molecule has 0 aliphatic carbocycles. The second-order valence-corrected chi connectivity index (χ2v) is 6.60. The predicted octanol–water partition coefficient (Wildman–Crippen LogP) is 3.19. The number of halogens is 1. The maximum atomic E-state index is 12.7. The number of methoxy groups -OCH3 is 2. The first-order valence-electron chi connectivity index (χ1n) is 7.98. The number of nitrogens with zero attached hydrogens (tertiary/aromatic N) is 1. The summed E-state index contributed by atoms with van der Waals surface area (Å²) in [4.78, 5) is 12.7. The van der Waals surface area contributed by atoms with Crippen LogP contribution in [0.15, 0.2) is 28.9 Å². The highest BCUT2D eigenvalue weighted by atomic mass is 79.9. The van der Waals surface area contributed by atoms with Gasteiger partial charge in [-0.15, -0.1) is 0 Å². The van der Waals surface area contributed by atoms with E-state index in [4.69, 9.17) is 9.47 Å². The van der Waals surface area contributed by atoms with Crippen molar-refractivity contribution < 1.29 is 14.3 Å². The molecule has 0 unspecified atom stereocenters. The number of benzene rings is 1. The highest BCUT2D eigenvalue weighted by molar-refractivity contribution is 9.10. The minimum Gasteiger partial charge on any atom is -0.493 e. The van der Waals surface area contributed by atoms with Crippen LogP contribution in [-0.2, 0) is 19.4 Å². The Hall–Kier alpha value is -1.79. The Balaban J connectivity index is 1.73. The molecule has 6 heteroatoms. The van der Waals surface area contributed by atoms with Gasteiger partial charge in [-0.25, -0.2) is 0 Å². The van der Waals surface area contributed by atoms with E-state index in [2.05, 4.69) is 21.2 Å². The van der Waals surface area contributed by atoms with E-state index in [1.54, 1.807) is 14.2 Å². The van der Waals surface area contributed by atoms with Crippen molar-refractivity contribution >= 4 is 21.8 Å². The zero-order chi connectivity index (χ0) is 17.1. The van der Waals surface area contributed by atoms with Crippen molar-refractivity contribution in [3.05, 3.63) is 45.7 Å². The third-order valence-electron chi connectivity index (χ3n) is 4.33. The molecule has 1 aliphatic rings. The van der Waals surface area contributed by atoms with E-state index in [0.29, 0.717) is 24.3 Å². The summed E-state index contributed by atoms with van der Waals surface area (Å²) in [5.74, 6) is 1.50. The van der Waals surface area contributed by atoms with Gasteiger partial charge in [-0.3, -0.25) is 9.36 Å². The first-order valence-corrected chi connectivity index (χ1v) is 8.77. The molecule has 1 aromatic carbocycles. The molecule has 2 heterocycles. The van der Waals surface area contributed by atoms with E-state index >= 15 is 0 Å². The number of carbonyl (C=O) groups excluding carboxylic acids is 1. The van der Waals surface area contributed by atoms with Crippen LogP contribution in [0.1, 0.15) is 28.0 Å². The van der Waals surface area contributed by atoms with Gasteiger partial charge in [0, 0.05) is 31.6 Å². The van der Waals surface area contributed by atoms with Crippen molar-refractivity contribution in [3.63, 3.8) is 0 Å². The highest BCUT2D eigenvalue weighted by Gasteiger charge is 2.20. The van der Waals surface area contributed by atoms with Crippen molar-refractivity contribution in [2.75, 3.05) is 20.8 Å². The standard InChI is InChI=1S/C18H21BrN2O3/c1-23-15-5-3-12(9-16(15)24-2)4-6-18(22)21-14-7-8-20-11-13(14)10-17(21)19/h3,5,9-10,20H,4,6-8,11H2,1-2H3. The van der Waals surface area contributed by atoms with Crippen molar-refractivity contribution in [2.24, 2.45) is 0 Å². The molecule has 3 rings (SSSR count). The van der Waals surface area contributed by atoms with Crippen LogP contribution in [0.3, 0.4) is 0 Å². The Morgan fingerprint density at radius 1 is 1.25 bits per heavy atom. The lowest BCUT2D eigenvalue weighted by atomic mass is 10.1. The smallest absolute Gasteiger partial charge is 0.232 e. The third kappa shape index (κ3) is 3.35. The van der Waals surface area contributed by atoms with Gasteiger partial charge in [-0.1, -0.05) is 6.07 Å². The van der Waals surface area contributed by atoms with E-state index in [0.717, 1.165) is 35.4 Å². The molecule has 0 saturated carbocycles. The van der Waals surface area contributed by atoms with E-state index in [1.807, 2.05) is 28.8 Å². The van der Waals surface area contributed by atoms with Crippen LogP contribution in [0, 0.1) is 0 Å². The summed E-state index contributed by atoms with van der Waals surface area (Å²) in [6, 6.07) is 7.81. The lowest BCUT2D eigenvalue weighted by molar-refractivity contribution is 0.0897. The number of rotatable bonds is 5. The number of ether oxygens (including phenoxy) is 2. The number of aromatic nitrogens is 1. The third-order valence-corrected chi connectivity index (χ3v) is 4.91. The zero-order valence-corrected chi connectivity index (χ0v) is 15.5. The Kier molecular flexibility index (Phi) is 5.26. The largest absolute Gasteiger partial charge is 0.493 e. The van der Waals surface area contributed by atoms with Gasteiger partial charge in [0.15, 0.2) is 11.5 Å². The van der Waals surface area contributed by atoms with Crippen molar-refractivity contribution in [2.45, 2.75) is 25.8 Å². The SMILES string of the molecule is COc1ccc(CCC(=O)n2c(Br)cc3c2CCNC3)cc1OC. The molecule has 0 bridgehead atoms. The Morgan fingerprint density at radius 3 is 2.79 bits per heavy atom. The van der Waals surface area contributed by atoms with Gasteiger partial charge in [-0.05, 0) is 51.7 Å². The second kappa shape index (κ2) is 7.40. The Morgan fingerprint density at radius 2 is 2.04 bits per heavy atom. The lowest BCUT2D eigenvalue weighted by Gasteiger charge is -2.16. The number of carbonyl (C=O) groups is 1. The fourth-order valence-corrected chi connectivity index (χ4v) is 3.78. The molecule has 0 radical (unpaired) electrons. The molecular weight excluding hydrogens is 372 g/mol. The molecule has 0 atom stereocenters. The van der Waals surface area contributed by atoms with Crippen molar-refractivity contribution in [3.8, 4) is 11.5 Å². The van der Waals surface area contributed by atoms with Crippen molar-refractivity contribution in [1.29, 1.82) is 0 Å². The average molecular weight is 393 g/mol. The zero-order valence-electron chi connectivity index (χ0n) is 13.9. The maximum Gasteiger partial charge on any atom is 0.232 e. The van der Waals surface area contributed by atoms with Gasteiger partial charge in [0.25, 0.3) is 0 Å². The number of hydrogen-bond acceptors (Lipinski definition) is 4. The van der Waals surface area contributed by atoms with Gasteiger partial charge in [0.1, 0.15) is 0 Å². The summed E-state index contributed by atoms with van der Waals surface area (Å²) in [5.41, 5.74) is 3.38. The van der Waals surface area contributed by atoms with E-state index < -0.39 is 0 Å². The van der Waals surface area contributed by atoms with Gasteiger partial charge < -0.3 is 14.8 Å². The van der Waals surface area contributed by atoms with Crippen LogP contribution in [0.2, 0.25) is 0 Å². The van der Waals surface area contributed by atoms with Crippen LogP contribution in [-0.4, -0.2) is 31.2 Å². The second-order valence-electron chi connectivity index (χ2n) is 5.78. The van der Waals surface area contributed by atoms with Crippen LogP contribution < -0.4 is 14.8 Å². The molecule has 1 N–H and O–H groups in total. The molecule has 128 valence electrons. The monoisotopic (exact) mass is 392 g/mol. The molecule has 2 aromatic rings. The molecule has 0 spiro atoms. The number of aryl methyl sites for hydroxylation is 1. The van der Waals surface area contributed by atoms with Crippen LogP contribution >= 0.6 is 15.9 Å². The van der Waals surface area contributed by atoms with Crippen LogP contribution in [0.5, 0.6) is 11.5 Å². The molecular formula is C18H21BrN2O3. The topological polar surface area (TPSA) is 52.5 Å². The van der Waals surface area contributed by atoms with Gasteiger partial charge in [-0.2, -0.15) is 0 Å². The molecule has 0 saturated heterocycles. The van der Waals surface area contributed by atoms with Gasteiger partial charge in [0.2, 0.25) is 5.91 Å². The summed E-state index contributed by atoms with van der Waals surface area (Å²) in [5, 5.41) is 3.33. The summed E-state index contributed by atoms with van der Waals surface area (Å²) in [7, 11) is 3.23. The number of nitrogens with one attached hydrogen (secondary N) is 1. The fourth-order valence-electron chi connectivity index (χ4n) is 3.09. The van der Waals surface area contributed by atoms with E-state index in [1.165, 1.54) is 5.56 Å². The Bertz CT molecular complexity index is 755. The Labute approximate surface area is 150 Å². The van der Waals surface area contributed by atoms with Gasteiger partial charge in [0.05, 0.1) is 18.8 Å². The quantitative estimate of drug-likeness (QED) is 0.848. The summed E-state index contributed by atoms with van der Waals surface area (Å²) >= 11 is 3.52. The first kappa shape index (κ1) is 17.0. The molecule has 1 aliphatic heterocycles. The molecule has 0 fully saturated rings. The summed E-state index contributed by atoms with van der Waals surface area (Å²) in [6.45, 7) is 1.73. The van der Waals surface area contributed by atoms with Crippen molar-refractivity contribution in [1.82, 2.24) is 9.88 Å². The summed E-state index contributed by atoms with van der Waals surface area (Å²) in [6.07, 6.45) is 1.99. The molecule has 24 heavy (non-hydrogen) atoms. The number of fused-ring (bicyclic) bond motifs is 1. The fraction of sp³-hybridized carbons (Fsp3) is 0.389. The summed E-state index contributed by atoms with van der Waals surface area (Å²) < 4.78 is 13.2. The molecule has 0 amide bonds.